The standard InChI is InChI=1S/C62H115NO5/c1-3-5-7-9-11-13-15-17-27-31-34-38-42-46-50-54-60(65)59(58-64)63-61(66)55-51-47-43-39-35-32-28-25-23-21-19-18-20-22-24-26-29-33-37-41-45-49-53-57-68-62(67)56-52-48-44-40-36-30-16-14-12-10-8-6-4-2/h14,16,18,20-21,23,50,54,59-60,64-65H,3-13,15,17,19,22,24-49,51-53,55-58H2,1-2H3,(H,63,66)/b16-14-,20-18-,23-21-,54-50+. The Hall–Kier alpha value is -2.18. The van der Waals surface area contributed by atoms with Gasteiger partial charge in [-0.3, -0.25) is 9.59 Å². The van der Waals surface area contributed by atoms with Crippen molar-refractivity contribution in [1.82, 2.24) is 5.32 Å². The average molecular weight is 955 g/mol. The van der Waals surface area contributed by atoms with Crippen LogP contribution < -0.4 is 5.32 Å². The lowest BCUT2D eigenvalue weighted by Gasteiger charge is -2.20. The number of rotatable bonds is 55. The molecule has 398 valence electrons. The third-order valence-corrected chi connectivity index (χ3v) is 13.6. The van der Waals surface area contributed by atoms with Gasteiger partial charge < -0.3 is 20.3 Å². The lowest BCUT2D eigenvalue weighted by atomic mass is 10.0. The van der Waals surface area contributed by atoms with E-state index in [2.05, 4.69) is 55.6 Å². The quantitative estimate of drug-likeness (QED) is 0.0321. The molecule has 2 atom stereocenters. The summed E-state index contributed by atoms with van der Waals surface area (Å²) in [6.07, 6.45) is 72.8. The molecule has 6 nitrogen and oxygen atoms in total. The lowest BCUT2D eigenvalue weighted by molar-refractivity contribution is -0.143. The zero-order valence-corrected chi connectivity index (χ0v) is 45.3. The molecule has 0 radical (unpaired) electrons. The van der Waals surface area contributed by atoms with E-state index in [0.29, 0.717) is 19.4 Å². The van der Waals surface area contributed by atoms with Crippen molar-refractivity contribution in [1.29, 1.82) is 0 Å². The van der Waals surface area contributed by atoms with Gasteiger partial charge in [0, 0.05) is 12.8 Å². The molecule has 0 spiro atoms. The van der Waals surface area contributed by atoms with E-state index in [1.54, 1.807) is 6.08 Å². The number of carbonyl (C=O) groups excluding carboxylic acids is 2. The van der Waals surface area contributed by atoms with Crippen molar-refractivity contribution in [2.24, 2.45) is 0 Å². The largest absolute Gasteiger partial charge is 0.466 e. The second-order valence-electron chi connectivity index (χ2n) is 20.3. The van der Waals surface area contributed by atoms with Crippen molar-refractivity contribution in [2.75, 3.05) is 13.2 Å². The number of hydrogen-bond acceptors (Lipinski definition) is 5. The number of hydrogen-bond donors (Lipinski definition) is 3. The molecule has 0 aromatic carbocycles. The Morgan fingerprint density at radius 3 is 1.15 bits per heavy atom. The van der Waals surface area contributed by atoms with Crippen LogP contribution in [-0.2, 0) is 14.3 Å². The van der Waals surface area contributed by atoms with E-state index in [1.165, 1.54) is 218 Å². The van der Waals surface area contributed by atoms with Crippen LogP contribution in [0.1, 0.15) is 309 Å². The van der Waals surface area contributed by atoms with Crippen LogP contribution in [0.15, 0.2) is 48.6 Å². The molecule has 6 heteroatoms. The number of carbonyl (C=O) groups is 2. The van der Waals surface area contributed by atoms with Gasteiger partial charge in [0.1, 0.15) is 0 Å². The molecule has 0 aliphatic heterocycles. The third-order valence-electron chi connectivity index (χ3n) is 13.6. The van der Waals surface area contributed by atoms with Crippen molar-refractivity contribution < 1.29 is 24.5 Å². The van der Waals surface area contributed by atoms with Crippen LogP contribution in [0.5, 0.6) is 0 Å². The molecule has 0 aromatic rings. The number of aliphatic hydroxyl groups is 2. The summed E-state index contributed by atoms with van der Waals surface area (Å²) in [4.78, 5) is 24.5. The summed E-state index contributed by atoms with van der Waals surface area (Å²) < 4.78 is 5.46. The molecule has 0 fully saturated rings. The molecule has 0 rings (SSSR count). The van der Waals surface area contributed by atoms with Crippen LogP contribution in [0.2, 0.25) is 0 Å². The van der Waals surface area contributed by atoms with E-state index < -0.39 is 12.1 Å². The minimum atomic E-state index is -0.851. The molecule has 0 bridgehead atoms. The lowest BCUT2D eigenvalue weighted by Crippen LogP contribution is -2.45. The molecule has 0 aromatic heterocycles. The van der Waals surface area contributed by atoms with Crippen molar-refractivity contribution >= 4 is 11.9 Å². The van der Waals surface area contributed by atoms with Gasteiger partial charge in [0.05, 0.1) is 25.4 Å². The Kier molecular flexibility index (Phi) is 55.6. The van der Waals surface area contributed by atoms with Gasteiger partial charge in [0.2, 0.25) is 5.91 Å². The Bertz CT molecular complexity index is 1150. The third kappa shape index (κ3) is 53.2. The Morgan fingerprint density at radius 2 is 0.735 bits per heavy atom. The maximum atomic E-state index is 12.5. The maximum absolute atomic E-state index is 12.5. The summed E-state index contributed by atoms with van der Waals surface area (Å²) in [6, 6.07) is -0.636. The maximum Gasteiger partial charge on any atom is 0.305 e. The topological polar surface area (TPSA) is 95.9 Å². The minimum Gasteiger partial charge on any atom is -0.466 e. The highest BCUT2D eigenvalue weighted by molar-refractivity contribution is 5.76. The fourth-order valence-corrected chi connectivity index (χ4v) is 8.95. The molecular formula is C62H115NO5. The van der Waals surface area contributed by atoms with Crippen molar-refractivity contribution in [2.45, 2.75) is 321 Å². The van der Waals surface area contributed by atoms with Gasteiger partial charge >= 0.3 is 5.97 Å². The molecule has 68 heavy (non-hydrogen) atoms. The Labute approximate surface area is 423 Å². The van der Waals surface area contributed by atoms with Crippen LogP contribution in [0.25, 0.3) is 0 Å². The fraction of sp³-hybridized carbons (Fsp3) is 0.839. The SMILES string of the molecule is CCCCCC/C=C\CCCCCCCC(=O)OCCCCCCCCCCC/C=C\C/C=C\CCCCCCCCCC(=O)NC(CO)C(O)/C=C/CCCCCCCCCCCCCCC. The van der Waals surface area contributed by atoms with E-state index in [1.807, 2.05) is 6.08 Å². The van der Waals surface area contributed by atoms with Crippen LogP contribution in [0, 0.1) is 0 Å². The highest BCUT2D eigenvalue weighted by atomic mass is 16.5. The normalized spacial score (nSPS) is 12.9. The van der Waals surface area contributed by atoms with Gasteiger partial charge in [0.25, 0.3) is 0 Å². The number of unbranched alkanes of at least 4 members (excludes halogenated alkanes) is 38. The number of nitrogens with one attached hydrogen (secondary N) is 1. The first-order valence-electron chi connectivity index (χ1n) is 29.9. The van der Waals surface area contributed by atoms with Crippen molar-refractivity contribution in [3.63, 3.8) is 0 Å². The Balaban J connectivity index is 3.48. The fourth-order valence-electron chi connectivity index (χ4n) is 8.95. The number of amides is 1. The van der Waals surface area contributed by atoms with Crippen LogP contribution in [0.3, 0.4) is 0 Å². The average Bonchev–Trinajstić information content (AvgIpc) is 3.34. The molecule has 2 unspecified atom stereocenters. The summed E-state index contributed by atoms with van der Waals surface area (Å²) in [5.41, 5.74) is 0. The number of aliphatic hydroxyl groups excluding tert-OH is 2. The molecule has 3 N–H and O–H groups in total. The molecule has 0 saturated carbocycles. The van der Waals surface area contributed by atoms with Crippen molar-refractivity contribution in [3.05, 3.63) is 48.6 Å². The Morgan fingerprint density at radius 1 is 0.412 bits per heavy atom. The van der Waals surface area contributed by atoms with E-state index >= 15 is 0 Å². The summed E-state index contributed by atoms with van der Waals surface area (Å²) in [5.74, 6) is -0.0815. The van der Waals surface area contributed by atoms with Crippen molar-refractivity contribution in [3.8, 4) is 0 Å². The molecule has 1 amide bonds. The van der Waals surface area contributed by atoms with Gasteiger partial charge in [-0.15, -0.1) is 0 Å². The van der Waals surface area contributed by atoms with Gasteiger partial charge in [-0.2, -0.15) is 0 Å². The van der Waals surface area contributed by atoms with E-state index in [-0.39, 0.29) is 18.5 Å². The first kappa shape index (κ1) is 65.8. The molecule has 0 saturated heterocycles. The first-order valence-corrected chi connectivity index (χ1v) is 29.9. The second-order valence-corrected chi connectivity index (χ2v) is 20.3. The predicted octanol–water partition coefficient (Wildman–Crippen LogP) is 18.6. The number of esters is 1. The zero-order valence-electron chi connectivity index (χ0n) is 45.3. The van der Waals surface area contributed by atoms with Gasteiger partial charge in [-0.05, 0) is 89.9 Å². The summed E-state index contributed by atoms with van der Waals surface area (Å²) in [5, 5.41) is 23.1. The number of allylic oxidation sites excluding steroid dienone is 7. The minimum absolute atomic E-state index is 0.00323. The number of ether oxygens (including phenoxy) is 1. The zero-order chi connectivity index (χ0) is 49.3. The highest BCUT2D eigenvalue weighted by Gasteiger charge is 2.18. The predicted molar refractivity (Wildman–Crippen MR) is 296 cm³/mol. The van der Waals surface area contributed by atoms with Gasteiger partial charge in [0.15, 0.2) is 0 Å². The van der Waals surface area contributed by atoms with Gasteiger partial charge in [-0.1, -0.05) is 255 Å². The second kappa shape index (κ2) is 57.4. The van der Waals surface area contributed by atoms with E-state index in [9.17, 15) is 19.8 Å². The molecule has 0 aliphatic rings. The van der Waals surface area contributed by atoms with E-state index in [0.717, 1.165) is 64.2 Å². The first-order chi connectivity index (χ1) is 33.5. The van der Waals surface area contributed by atoms with E-state index in [4.69, 9.17) is 4.74 Å². The molecular weight excluding hydrogens is 839 g/mol. The molecule has 0 heterocycles. The highest BCUT2D eigenvalue weighted by Crippen LogP contribution is 2.16. The summed E-state index contributed by atoms with van der Waals surface area (Å²) >= 11 is 0. The van der Waals surface area contributed by atoms with Gasteiger partial charge in [-0.25, -0.2) is 0 Å². The summed E-state index contributed by atoms with van der Waals surface area (Å²) in [7, 11) is 0. The van der Waals surface area contributed by atoms with Crippen LogP contribution in [-0.4, -0.2) is 47.4 Å². The smallest absolute Gasteiger partial charge is 0.305 e. The monoisotopic (exact) mass is 954 g/mol. The van der Waals surface area contributed by atoms with Crippen LogP contribution in [0.4, 0.5) is 0 Å². The van der Waals surface area contributed by atoms with Crippen LogP contribution >= 0.6 is 0 Å². The molecule has 0 aliphatic carbocycles. The summed E-state index contributed by atoms with van der Waals surface area (Å²) in [6.45, 7) is 4.88.